The van der Waals surface area contributed by atoms with Gasteiger partial charge in [-0.25, -0.2) is 0 Å². The fourth-order valence-corrected chi connectivity index (χ4v) is 2.24. The lowest BCUT2D eigenvalue weighted by atomic mass is 10.0. The van der Waals surface area contributed by atoms with E-state index in [2.05, 4.69) is 0 Å². The number of ether oxygens (including phenoxy) is 2. The van der Waals surface area contributed by atoms with E-state index in [-0.39, 0.29) is 12.6 Å². The van der Waals surface area contributed by atoms with Crippen LogP contribution in [0.15, 0.2) is 36.4 Å². The molecule has 0 unspecified atom stereocenters. The highest BCUT2D eigenvalue weighted by molar-refractivity contribution is 6.36. The van der Waals surface area contributed by atoms with Gasteiger partial charge < -0.3 is 9.47 Å². The van der Waals surface area contributed by atoms with E-state index in [0.717, 1.165) is 0 Å². The zero-order valence-electron chi connectivity index (χ0n) is 9.65. The topological polar surface area (TPSA) is 35.5 Å². The van der Waals surface area contributed by atoms with Crippen molar-refractivity contribution in [1.29, 1.82) is 0 Å². The highest BCUT2D eigenvalue weighted by Gasteiger charge is 2.18. The SMILES string of the molecule is O=C(c1ccc2c(c1)OCO2)c1cc(Cl)ccc1Cl. The van der Waals surface area contributed by atoms with Gasteiger partial charge in [0.1, 0.15) is 0 Å². The van der Waals surface area contributed by atoms with Gasteiger partial charge in [0.05, 0.1) is 5.02 Å². The minimum atomic E-state index is -0.203. The summed E-state index contributed by atoms with van der Waals surface area (Å²) >= 11 is 11.9. The molecule has 1 aliphatic rings. The molecule has 0 atom stereocenters. The van der Waals surface area contributed by atoms with Crippen LogP contribution in [0.5, 0.6) is 11.5 Å². The molecule has 0 bridgehead atoms. The summed E-state index contributed by atoms with van der Waals surface area (Å²) < 4.78 is 10.4. The Morgan fingerprint density at radius 2 is 1.79 bits per heavy atom. The van der Waals surface area contributed by atoms with Crippen molar-refractivity contribution in [3.8, 4) is 11.5 Å². The van der Waals surface area contributed by atoms with Gasteiger partial charge in [-0.1, -0.05) is 23.2 Å². The molecule has 96 valence electrons. The predicted octanol–water partition coefficient (Wildman–Crippen LogP) is 3.95. The maximum atomic E-state index is 12.4. The average Bonchev–Trinajstić information content (AvgIpc) is 2.88. The first-order chi connectivity index (χ1) is 9.15. The number of halogens is 2. The third kappa shape index (κ3) is 2.27. The van der Waals surface area contributed by atoms with E-state index in [4.69, 9.17) is 32.7 Å². The van der Waals surface area contributed by atoms with Crippen LogP contribution in [0.4, 0.5) is 0 Å². The molecule has 0 amide bonds. The van der Waals surface area contributed by atoms with Crippen molar-refractivity contribution in [3.05, 3.63) is 57.6 Å². The van der Waals surface area contributed by atoms with Gasteiger partial charge in [-0.15, -0.1) is 0 Å². The van der Waals surface area contributed by atoms with Gasteiger partial charge in [-0.2, -0.15) is 0 Å². The summed E-state index contributed by atoms with van der Waals surface area (Å²) in [5.74, 6) is 0.989. The van der Waals surface area contributed by atoms with Crippen LogP contribution in [0.3, 0.4) is 0 Å². The van der Waals surface area contributed by atoms with Gasteiger partial charge in [-0.05, 0) is 36.4 Å². The molecule has 2 aromatic rings. The summed E-state index contributed by atoms with van der Waals surface area (Å²) in [4.78, 5) is 12.4. The van der Waals surface area contributed by atoms with E-state index in [1.54, 1.807) is 36.4 Å². The van der Waals surface area contributed by atoms with Crippen molar-refractivity contribution >= 4 is 29.0 Å². The Bertz CT molecular complexity index is 668. The molecule has 19 heavy (non-hydrogen) atoms. The first kappa shape index (κ1) is 12.3. The van der Waals surface area contributed by atoms with Gasteiger partial charge in [-0.3, -0.25) is 4.79 Å². The fourth-order valence-electron chi connectivity index (χ4n) is 1.86. The van der Waals surface area contributed by atoms with Crippen LogP contribution < -0.4 is 9.47 Å². The third-order valence-electron chi connectivity index (χ3n) is 2.81. The Morgan fingerprint density at radius 1 is 1.00 bits per heavy atom. The molecule has 0 saturated carbocycles. The number of carbonyl (C=O) groups is 1. The predicted molar refractivity (Wildman–Crippen MR) is 72.5 cm³/mol. The Kier molecular flexibility index (Phi) is 3.09. The van der Waals surface area contributed by atoms with Crippen LogP contribution in [0.1, 0.15) is 15.9 Å². The summed E-state index contributed by atoms with van der Waals surface area (Å²) in [5.41, 5.74) is 0.849. The van der Waals surface area contributed by atoms with Crippen LogP contribution in [0.2, 0.25) is 10.0 Å². The van der Waals surface area contributed by atoms with Gasteiger partial charge in [0, 0.05) is 16.1 Å². The number of hydrogen-bond acceptors (Lipinski definition) is 3. The smallest absolute Gasteiger partial charge is 0.231 e. The van der Waals surface area contributed by atoms with Crippen molar-refractivity contribution in [2.45, 2.75) is 0 Å². The molecule has 0 spiro atoms. The summed E-state index contributed by atoms with van der Waals surface area (Å²) in [6, 6.07) is 9.81. The van der Waals surface area contributed by atoms with Crippen molar-refractivity contribution in [2.24, 2.45) is 0 Å². The van der Waals surface area contributed by atoms with Crippen molar-refractivity contribution in [2.75, 3.05) is 6.79 Å². The fraction of sp³-hybridized carbons (Fsp3) is 0.0714. The molecular formula is C14H8Cl2O3. The van der Waals surface area contributed by atoms with E-state index >= 15 is 0 Å². The molecule has 3 nitrogen and oxygen atoms in total. The molecule has 5 heteroatoms. The van der Waals surface area contributed by atoms with E-state index < -0.39 is 0 Å². The second-order valence-corrected chi connectivity index (χ2v) is 4.86. The maximum Gasteiger partial charge on any atom is 0.231 e. The average molecular weight is 295 g/mol. The van der Waals surface area contributed by atoms with Gasteiger partial charge in [0.15, 0.2) is 17.3 Å². The molecule has 0 fully saturated rings. The van der Waals surface area contributed by atoms with Gasteiger partial charge in [0.25, 0.3) is 0 Å². The van der Waals surface area contributed by atoms with Gasteiger partial charge in [0.2, 0.25) is 6.79 Å². The largest absolute Gasteiger partial charge is 0.454 e. The molecular weight excluding hydrogens is 287 g/mol. The van der Waals surface area contributed by atoms with E-state index in [0.29, 0.717) is 32.7 Å². The van der Waals surface area contributed by atoms with Crippen molar-refractivity contribution in [1.82, 2.24) is 0 Å². The van der Waals surface area contributed by atoms with Crippen molar-refractivity contribution in [3.63, 3.8) is 0 Å². The molecule has 0 radical (unpaired) electrons. The van der Waals surface area contributed by atoms with Crippen LogP contribution in [0, 0.1) is 0 Å². The monoisotopic (exact) mass is 294 g/mol. The molecule has 1 aliphatic heterocycles. The highest BCUT2D eigenvalue weighted by Crippen LogP contribution is 2.33. The second kappa shape index (κ2) is 4.76. The first-order valence-electron chi connectivity index (χ1n) is 5.54. The van der Waals surface area contributed by atoms with Crippen LogP contribution in [-0.2, 0) is 0 Å². The number of hydrogen-bond donors (Lipinski definition) is 0. The van der Waals surface area contributed by atoms with Crippen LogP contribution >= 0.6 is 23.2 Å². The molecule has 0 aliphatic carbocycles. The summed E-state index contributed by atoms with van der Waals surface area (Å²) in [6.45, 7) is 0.172. The van der Waals surface area contributed by atoms with E-state index in [9.17, 15) is 4.79 Å². The number of ketones is 1. The summed E-state index contributed by atoms with van der Waals surface area (Å²) in [5, 5.41) is 0.834. The van der Waals surface area contributed by atoms with E-state index in [1.807, 2.05) is 0 Å². The lowest BCUT2D eigenvalue weighted by Gasteiger charge is -2.05. The highest BCUT2D eigenvalue weighted by atomic mass is 35.5. The van der Waals surface area contributed by atoms with Crippen LogP contribution in [0.25, 0.3) is 0 Å². The van der Waals surface area contributed by atoms with Gasteiger partial charge >= 0.3 is 0 Å². The quantitative estimate of drug-likeness (QED) is 0.787. The zero-order valence-corrected chi connectivity index (χ0v) is 11.2. The molecule has 1 heterocycles. The lowest BCUT2D eigenvalue weighted by molar-refractivity contribution is 0.103. The summed E-state index contributed by atoms with van der Waals surface area (Å²) in [6.07, 6.45) is 0. The van der Waals surface area contributed by atoms with Crippen LogP contribution in [-0.4, -0.2) is 12.6 Å². The molecule has 2 aromatic carbocycles. The number of fused-ring (bicyclic) bond motifs is 1. The molecule has 0 aromatic heterocycles. The van der Waals surface area contributed by atoms with Crippen molar-refractivity contribution < 1.29 is 14.3 Å². The molecule has 3 rings (SSSR count). The lowest BCUT2D eigenvalue weighted by Crippen LogP contribution is -2.02. The number of carbonyl (C=O) groups excluding carboxylic acids is 1. The number of benzene rings is 2. The Labute approximate surface area is 119 Å². The Balaban J connectivity index is 2.02. The Hall–Kier alpha value is -1.71. The Morgan fingerprint density at radius 3 is 2.63 bits per heavy atom. The molecule has 0 N–H and O–H groups in total. The standard InChI is InChI=1S/C14H8Cl2O3/c15-9-2-3-11(16)10(6-9)14(17)8-1-4-12-13(5-8)19-7-18-12/h1-6H,7H2. The first-order valence-corrected chi connectivity index (χ1v) is 6.30. The minimum Gasteiger partial charge on any atom is -0.454 e. The third-order valence-corrected chi connectivity index (χ3v) is 3.37. The maximum absolute atomic E-state index is 12.4. The zero-order chi connectivity index (χ0) is 13.4. The second-order valence-electron chi connectivity index (χ2n) is 4.02. The number of rotatable bonds is 2. The summed E-state index contributed by atoms with van der Waals surface area (Å²) in [7, 11) is 0. The minimum absolute atomic E-state index is 0.172. The van der Waals surface area contributed by atoms with E-state index in [1.165, 1.54) is 0 Å². The normalized spacial score (nSPS) is 12.5. The molecule has 0 saturated heterocycles.